The smallest absolute Gasteiger partial charge is 0.341 e. The number of methoxy groups -OCH3 is 1. The van der Waals surface area contributed by atoms with E-state index < -0.39 is 11.4 Å². The van der Waals surface area contributed by atoms with Gasteiger partial charge in [0.05, 0.1) is 23.7 Å². The first-order valence-electron chi connectivity index (χ1n) is 11.5. The average Bonchev–Trinajstić information content (AvgIpc) is 3.54. The van der Waals surface area contributed by atoms with Gasteiger partial charge >= 0.3 is 5.97 Å². The van der Waals surface area contributed by atoms with Gasteiger partial charge in [-0.15, -0.1) is 0 Å². The highest BCUT2D eigenvalue weighted by Crippen LogP contribution is 2.59. The van der Waals surface area contributed by atoms with Gasteiger partial charge in [0, 0.05) is 50.3 Å². The molecular weight excluding hydrogens is 408 g/mol. The quantitative estimate of drug-likeness (QED) is 0.646. The molecule has 170 valence electrons. The molecule has 1 aliphatic heterocycles. The number of aromatic carboxylic acids is 1. The third-order valence-electron chi connectivity index (χ3n) is 7.29. The maximum absolute atomic E-state index is 12.6. The zero-order chi connectivity index (χ0) is 22.6. The molecule has 3 heterocycles. The van der Waals surface area contributed by atoms with Crippen molar-refractivity contribution in [3.63, 3.8) is 0 Å². The molecule has 0 saturated heterocycles. The molecule has 0 bridgehead atoms. The second-order valence-corrected chi connectivity index (χ2v) is 10.0. The number of carbonyl (C=O) groups is 1. The summed E-state index contributed by atoms with van der Waals surface area (Å²) in [5.74, 6) is 0.256. The van der Waals surface area contributed by atoms with Crippen LogP contribution in [-0.2, 0) is 4.74 Å². The molecular formula is C25H30N2O5. The van der Waals surface area contributed by atoms with E-state index in [-0.39, 0.29) is 22.9 Å². The Hall–Kier alpha value is -2.67. The maximum atomic E-state index is 12.6. The van der Waals surface area contributed by atoms with Crippen molar-refractivity contribution in [2.45, 2.75) is 63.8 Å². The lowest BCUT2D eigenvalue weighted by Gasteiger charge is -2.39. The molecule has 5 rings (SSSR count). The summed E-state index contributed by atoms with van der Waals surface area (Å²) in [6.07, 6.45) is 6.54. The molecule has 0 radical (unpaired) electrons. The van der Waals surface area contributed by atoms with Crippen LogP contribution < -0.4 is 10.2 Å². The molecule has 1 N–H and O–H groups in total. The average molecular weight is 439 g/mol. The van der Waals surface area contributed by atoms with Crippen molar-refractivity contribution in [2.75, 3.05) is 20.3 Å². The monoisotopic (exact) mass is 438 g/mol. The highest BCUT2D eigenvalue weighted by atomic mass is 16.5. The molecule has 32 heavy (non-hydrogen) atoms. The molecule has 2 atom stereocenters. The van der Waals surface area contributed by atoms with Crippen molar-refractivity contribution in [1.82, 2.24) is 9.55 Å². The van der Waals surface area contributed by atoms with Crippen LogP contribution in [0.3, 0.4) is 0 Å². The van der Waals surface area contributed by atoms with Gasteiger partial charge in [0.1, 0.15) is 11.3 Å². The Morgan fingerprint density at radius 1 is 1.25 bits per heavy atom. The van der Waals surface area contributed by atoms with Gasteiger partial charge in [0.25, 0.3) is 0 Å². The molecule has 2 aromatic heterocycles. The zero-order valence-electron chi connectivity index (χ0n) is 18.9. The first-order valence-corrected chi connectivity index (χ1v) is 11.5. The van der Waals surface area contributed by atoms with Crippen LogP contribution in [0, 0.1) is 5.41 Å². The fourth-order valence-corrected chi connectivity index (χ4v) is 5.57. The van der Waals surface area contributed by atoms with Crippen LogP contribution in [-0.4, -0.2) is 41.0 Å². The molecule has 7 nitrogen and oxygen atoms in total. The van der Waals surface area contributed by atoms with Crippen molar-refractivity contribution in [1.29, 1.82) is 0 Å². The molecule has 2 saturated carbocycles. The third-order valence-corrected chi connectivity index (χ3v) is 7.29. The van der Waals surface area contributed by atoms with Gasteiger partial charge < -0.3 is 19.1 Å². The number of hydrogen-bond donors (Lipinski definition) is 1. The van der Waals surface area contributed by atoms with Gasteiger partial charge in [-0.1, -0.05) is 13.8 Å². The highest BCUT2D eigenvalue weighted by Gasteiger charge is 2.48. The van der Waals surface area contributed by atoms with E-state index in [1.54, 1.807) is 13.3 Å². The van der Waals surface area contributed by atoms with Crippen LogP contribution in [0.1, 0.15) is 85.4 Å². The van der Waals surface area contributed by atoms with E-state index >= 15 is 0 Å². The summed E-state index contributed by atoms with van der Waals surface area (Å²) in [5, 5.41) is 9.56. The number of aromatic nitrogens is 2. The molecule has 3 aliphatic rings. The van der Waals surface area contributed by atoms with Gasteiger partial charge in [-0.25, -0.2) is 9.78 Å². The second-order valence-electron chi connectivity index (χ2n) is 10.0. The van der Waals surface area contributed by atoms with E-state index in [0.29, 0.717) is 19.1 Å². The van der Waals surface area contributed by atoms with Crippen molar-refractivity contribution in [2.24, 2.45) is 5.41 Å². The zero-order valence-corrected chi connectivity index (χ0v) is 18.9. The Bertz CT molecular complexity index is 1130. The third kappa shape index (κ3) is 3.43. The number of carboxylic acid groups (broad SMARTS) is 1. The molecule has 0 aromatic carbocycles. The predicted molar refractivity (Wildman–Crippen MR) is 120 cm³/mol. The number of carboxylic acids is 1. The van der Waals surface area contributed by atoms with Gasteiger partial charge in [-0.2, -0.15) is 0 Å². The standard InChI is InChI=1S/C25H30N2O5/c1-25(2)8-7-15-16-11-20(32-10-4-9-31-3)21(14-5-6-14)26-22(16)18-12-19(28)17(24(29)30)13-27(18)23(15)25/h11-15,23H,4-10H2,1-3H3,(H,29,30)/t15-,23+/m1/s1. The van der Waals surface area contributed by atoms with Crippen molar-refractivity contribution in [3.05, 3.63) is 45.4 Å². The Morgan fingerprint density at radius 2 is 2.03 bits per heavy atom. The van der Waals surface area contributed by atoms with E-state index in [4.69, 9.17) is 14.5 Å². The summed E-state index contributed by atoms with van der Waals surface area (Å²) in [4.78, 5) is 29.4. The number of hydrogen-bond acceptors (Lipinski definition) is 5. The minimum atomic E-state index is -1.19. The van der Waals surface area contributed by atoms with Gasteiger partial charge in [0.2, 0.25) is 0 Å². The van der Waals surface area contributed by atoms with Crippen LogP contribution in [0.4, 0.5) is 0 Å². The van der Waals surface area contributed by atoms with E-state index in [1.165, 1.54) is 6.07 Å². The fourth-order valence-electron chi connectivity index (χ4n) is 5.57. The summed E-state index contributed by atoms with van der Waals surface area (Å²) in [7, 11) is 1.69. The largest absolute Gasteiger partial charge is 0.492 e. The van der Waals surface area contributed by atoms with E-state index in [0.717, 1.165) is 60.5 Å². The molecule has 2 aromatic rings. The molecule has 2 fully saturated rings. The Morgan fingerprint density at radius 3 is 2.72 bits per heavy atom. The van der Waals surface area contributed by atoms with Crippen molar-refractivity contribution < 1.29 is 19.4 Å². The van der Waals surface area contributed by atoms with Crippen LogP contribution in [0.25, 0.3) is 11.4 Å². The van der Waals surface area contributed by atoms with E-state index in [9.17, 15) is 14.7 Å². The SMILES string of the molecule is COCCCOc1cc2c(nc1C1CC1)-c1cc(=O)c(C(=O)O)cn1[C@H]1[C@@H]2CCC1(C)C. The number of rotatable bonds is 7. The molecule has 0 spiro atoms. The minimum absolute atomic E-state index is 0.0312. The van der Waals surface area contributed by atoms with Gasteiger partial charge in [-0.3, -0.25) is 4.79 Å². The number of pyridine rings is 2. The first-order chi connectivity index (χ1) is 15.3. The van der Waals surface area contributed by atoms with Crippen molar-refractivity contribution in [3.8, 4) is 17.1 Å². The lowest BCUT2D eigenvalue weighted by atomic mass is 9.78. The summed E-state index contributed by atoms with van der Waals surface area (Å²) in [6.45, 7) is 5.67. The Balaban J connectivity index is 1.67. The molecule has 0 unspecified atom stereocenters. The predicted octanol–water partition coefficient (Wildman–Crippen LogP) is 4.36. The first kappa shape index (κ1) is 21.2. The van der Waals surface area contributed by atoms with Crippen LogP contribution in [0.2, 0.25) is 0 Å². The Kier molecular flexibility index (Phi) is 5.12. The van der Waals surface area contributed by atoms with Crippen LogP contribution in [0.15, 0.2) is 23.1 Å². The van der Waals surface area contributed by atoms with Gasteiger partial charge in [0.15, 0.2) is 5.43 Å². The van der Waals surface area contributed by atoms with E-state index in [2.05, 4.69) is 19.9 Å². The summed E-state index contributed by atoms with van der Waals surface area (Å²) < 4.78 is 13.3. The number of fused-ring (bicyclic) bond motifs is 6. The normalized spacial score (nSPS) is 22.7. The van der Waals surface area contributed by atoms with Crippen LogP contribution >= 0.6 is 0 Å². The lowest BCUT2D eigenvalue weighted by Crippen LogP contribution is -2.32. The van der Waals surface area contributed by atoms with Crippen molar-refractivity contribution >= 4 is 5.97 Å². The number of nitrogens with zero attached hydrogens (tertiary/aromatic N) is 2. The molecule has 7 heteroatoms. The van der Waals surface area contributed by atoms with Crippen LogP contribution in [0.5, 0.6) is 5.75 Å². The van der Waals surface area contributed by atoms with E-state index in [1.807, 2.05) is 4.57 Å². The van der Waals surface area contributed by atoms with Gasteiger partial charge in [-0.05, 0) is 42.7 Å². The topological polar surface area (TPSA) is 90.7 Å². The Labute approximate surface area is 187 Å². The highest BCUT2D eigenvalue weighted by molar-refractivity contribution is 5.87. The number of ether oxygens (including phenoxy) is 2. The summed E-state index contributed by atoms with van der Waals surface area (Å²) in [6, 6.07) is 3.69. The summed E-state index contributed by atoms with van der Waals surface area (Å²) in [5.41, 5.74) is 2.92. The second kappa shape index (κ2) is 7.73. The molecule has 2 aliphatic carbocycles. The lowest BCUT2D eigenvalue weighted by molar-refractivity contribution is 0.0693. The summed E-state index contributed by atoms with van der Waals surface area (Å²) >= 11 is 0. The molecule has 0 amide bonds. The fraction of sp³-hybridized carbons (Fsp3) is 0.560. The minimum Gasteiger partial charge on any atom is -0.492 e. The maximum Gasteiger partial charge on any atom is 0.341 e.